The molecule has 0 radical (unpaired) electrons. The van der Waals surface area contributed by atoms with Crippen molar-refractivity contribution in [2.45, 2.75) is 39.2 Å². The van der Waals surface area contributed by atoms with Crippen molar-refractivity contribution in [3.8, 4) is 0 Å². The van der Waals surface area contributed by atoms with Gasteiger partial charge in [-0.25, -0.2) is 14.8 Å². The minimum absolute atomic E-state index is 0.130. The van der Waals surface area contributed by atoms with Gasteiger partial charge in [0.2, 0.25) is 5.78 Å². The summed E-state index contributed by atoms with van der Waals surface area (Å²) in [5, 5.41) is 4.78. The number of aromatic amines is 1. The lowest BCUT2D eigenvalue weighted by Crippen LogP contribution is -2.45. The number of pyridine rings is 1. The first-order valence-electron chi connectivity index (χ1n) is 10.9. The molecule has 0 spiro atoms. The highest BCUT2D eigenvalue weighted by Gasteiger charge is 2.28. The first-order chi connectivity index (χ1) is 15.7. The molecule has 0 saturated carbocycles. The summed E-state index contributed by atoms with van der Waals surface area (Å²) in [6.45, 7) is 7.14. The molecule has 174 valence electrons. The summed E-state index contributed by atoms with van der Waals surface area (Å²) in [6, 6.07) is 5.13. The molecular weight excluding hydrogens is 442 g/mol. The molecule has 0 aromatic carbocycles. The molecule has 4 rings (SSSR count). The molecule has 4 heterocycles. The summed E-state index contributed by atoms with van der Waals surface area (Å²) in [5.74, 6) is -0.236. The molecule has 1 fully saturated rings. The minimum Gasteiger partial charge on any atom is -0.444 e. The Balaban J connectivity index is 1.42. The van der Waals surface area contributed by atoms with Gasteiger partial charge in [-0.15, -0.1) is 11.3 Å². The van der Waals surface area contributed by atoms with Gasteiger partial charge in [0, 0.05) is 25.8 Å². The Morgan fingerprint density at radius 3 is 2.85 bits per heavy atom. The van der Waals surface area contributed by atoms with Gasteiger partial charge in [-0.2, -0.15) is 0 Å². The number of rotatable bonds is 5. The van der Waals surface area contributed by atoms with Crippen molar-refractivity contribution in [3.05, 3.63) is 46.0 Å². The Bertz CT molecular complexity index is 1170. The number of nitrogens with one attached hydrogen (secondary N) is 2. The lowest BCUT2D eigenvalue weighted by atomic mass is 9.98. The first-order valence-corrected chi connectivity index (χ1v) is 11.8. The zero-order valence-corrected chi connectivity index (χ0v) is 19.7. The van der Waals surface area contributed by atoms with Crippen LogP contribution in [0.25, 0.3) is 11.2 Å². The minimum atomic E-state index is -0.543. The van der Waals surface area contributed by atoms with Gasteiger partial charge >= 0.3 is 6.09 Å². The number of H-pyrrole nitrogens is 1. The second-order valence-corrected chi connectivity index (χ2v) is 10.0. The van der Waals surface area contributed by atoms with E-state index in [-0.39, 0.29) is 29.5 Å². The number of ketones is 1. The molecule has 3 aromatic heterocycles. The molecule has 0 bridgehead atoms. The quantitative estimate of drug-likeness (QED) is 0.551. The fourth-order valence-corrected chi connectivity index (χ4v) is 4.45. The van der Waals surface area contributed by atoms with Gasteiger partial charge in [0.05, 0.1) is 16.0 Å². The Labute approximate surface area is 195 Å². The molecule has 1 aliphatic heterocycles. The molecule has 1 saturated heterocycles. The Morgan fingerprint density at radius 1 is 1.30 bits per heavy atom. The number of piperidine rings is 1. The van der Waals surface area contributed by atoms with E-state index < -0.39 is 5.60 Å². The largest absolute Gasteiger partial charge is 0.444 e. The fraction of sp³-hybridized carbons (Fsp3) is 0.435. The van der Waals surface area contributed by atoms with Gasteiger partial charge in [0.15, 0.2) is 11.5 Å². The zero-order valence-electron chi connectivity index (χ0n) is 18.9. The monoisotopic (exact) mass is 469 g/mol. The molecule has 0 aliphatic carbocycles. The maximum absolute atomic E-state index is 12.9. The average Bonchev–Trinajstić information content (AvgIpc) is 3.46. The topological polar surface area (TPSA) is 117 Å². The highest BCUT2D eigenvalue weighted by molar-refractivity contribution is 7.12. The number of ether oxygens (including phenoxy) is 1. The molecule has 2 N–H and O–H groups in total. The van der Waals surface area contributed by atoms with Crippen LogP contribution in [-0.4, -0.2) is 62.9 Å². The number of nitrogens with zero attached hydrogens (tertiary/aromatic N) is 3. The number of aromatic nitrogens is 3. The van der Waals surface area contributed by atoms with Crippen molar-refractivity contribution in [2.75, 3.05) is 19.6 Å². The van der Waals surface area contributed by atoms with E-state index in [1.807, 2.05) is 26.2 Å². The summed E-state index contributed by atoms with van der Waals surface area (Å²) in [6.07, 6.45) is 2.94. The standard InChI is InChI=1S/C23H27N5O4S/c1-23(2,3)32-22(31)28-10-4-6-14(13-28)12-25-21(30)15-8-9-24-19-17(15)26-20(27-19)18(29)16-7-5-11-33-16/h5,7-9,11,14H,4,6,10,12-13H2,1-3H3,(H,25,30)(H,24,26,27). The van der Waals surface area contributed by atoms with Crippen LogP contribution in [-0.2, 0) is 4.74 Å². The first kappa shape index (κ1) is 22.9. The van der Waals surface area contributed by atoms with Crippen molar-refractivity contribution in [3.63, 3.8) is 0 Å². The Hall–Kier alpha value is -3.27. The van der Waals surface area contributed by atoms with Gasteiger partial charge in [-0.1, -0.05) is 6.07 Å². The molecule has 9 nitrogen and oxygen atoms in total. The van der Waals surface area contributed by atoms with E-state index in [4.69, 9.17) is 4.74 Å². The number of thiophene rings is 1. The van der Waals surface area contributed by atoms with Crippen LogP contribution in [0.1, 0.15) is 59.5 Å². The van der Waals surface area contributed by atoms with Gasteiger partial charge in [0.1, 0.15) is 5.60 Å². The lowest BCUT2D eigenvalue weighted by molar-refractivity contribution is 0.0167. The number of fused-ring (bicyclic) bond motifs is 1. The highest BCUT2D eigenvalue weighted by Crippen LogP contribution is 2.21. The van der Waals surface area contributed by atoms with Crippen molar-refractivity contribution in [1.29, 1.82) is 0 Å². The third-order valence-electron chi connectivity index (χ3n) is 5.32. The van der Waals surface area contributed by atoms with Crippen LogP contribution in [0.4, 0.5) is 4.79 Å². The van der Waals surface area contributed by atoms with E-state index in [0.717, 1.165) is 12.8 Å². The van der Waals surface area contributed by atoms with Crippen LogP contribution in [0, 0.1) is 5.92 Å². The predicted molar refractivity (Wildman–Crippen MR) is 125 cm³/mol. The highest BCUT2D eigenvalue weighted by atomic mass is 32.1. The smallest absolute Gasteiger partial charge is 0.410 e. The molecule has 1 unspecified atom stereocenters. The number of imidazole rings is 1. The number of hydrogen-bond acceptors (Lipinski definition) is 7. The van der Waals surface area contributed by atoms with Crippen molar-refractivity contribution in [1.82, 2.24) is 25.2 Å². The number of amides is 2. The van der Waals surface area contributed by atoms with E-state index in [1.165, 1.54) is 17.5 Å². The zero-order chi connectivity index (χ0) is 23.6. The third kappa shape index (κ3) is 5.39. The number of carbonyl (C=O) groups excluding carboxylic acids is 3. The van der Waals surface area contributed by atoms with E-state index >= 15 is 0 Å². The second kappa shape index (κ2) is 9.30. The molecule has 33 heavy (non-hydrogen) atoms. The summed E-state index contributed by atoms with van der Waals surface area (Å²) in [7, 11) is 0. The van der Waals surface area contributed by atoms with Gasteiger partial charge < -0.3 is 19.9 Å². The van der Waals surface area contributed by atoms with Crippen molar-refractivity contribution < 1.29 is 19.1 Å². The van der Waals surface area contributed by atoms with Gasteiger partial charge in [-0.05, 0) is 57.0 Å². The number of carbonyl (C=O) groups is 3. The van der Waals surface area contributed by atoms with Crippen LogP contribution in [0.3, 0.4) is 0 Å². The molecular formula is C23H27N5O4S. The van der Waals surface area contributed by atoms with Crippen LogP contribution >= 0.6 is 11.3 Å². The van der Waals surface area contributed by atoms with Crippen LogP contribution < -0.4 is 5.32 Å². The Kier molecular flexibility index (Phi) is 6.46. The fourth-order valence-electron chi connectivity index (χ4n) is 3.79. The van der Waals surface area contributed by atoms with Gasteiger partial charge in [0.25, 0.3) is 5.91 Å². The molecule has 2 amide bonds. The second-order valence-electron chi connectivity index (χ2n) is 9.09. The molecule has 1 aliphatic rings. The number of likely N-dealkylation sites (tertiary alicyclic amines) is 1. The summed E-state index contributed by atoms with van der Waals surface area (Å²) >= 11 is 1.33. The van der Waals surface area contributed by atoms with E-state index in [2.05, 4.69) is 20.3 Å². The average molecular weight is 470 g/mol. The molecule has 1 atom stereocenters. The molecule has 10 heteroatoms. The Morgan fingerprint density at radius 2 is 2.12 bits per heavy atom. The maximum Gasteiger partial charge on any atom is 0.410 e. The van der Waals surface area contributed by atoms with Crippen molar-refractivity contribution in [2.24, 2.45) is 5.92 Å². The van der Waals surface area contributed by atoms with E-state index in [1.54, 1.807) is 23.1 Å². The van der Waals surface area contributed by atoms with Gasteiger partial charge in [-0.3, -0.25) is 9.59 Å². The lowest BCUT2D eigenvalue weighted by Gasteiger charge is -2.34. The number of hydrogen-bond donors (Lipinski definition) is 2. The normalized spacial score (nSPS) is 16.6. The summed E-state index contributed by atoms with van der Waals surface area (Å²) in [5.41, 5.74) is 0.571. The maximum atomic E-state index is 12.9. The summed E-state index contributed by atoms with van der Waals surface area (Å²) in [4.78, 5) is 51.6. The van der Waals surface area contributed by atoms with Crippen molar-refractivity contribution >= 4 is 40.3 Å². The van der Waals surface area contributed by atoms with E-state index in [9.17, 15) is 14.4 Å². The predicted octanol–water partition coefficient (Wildman–Crippen LogP) is 3.63. The van der Waals surface area contributed by atoms with Crippen LogP contribution in [0.5, 0.6) is 0 Å². The summed E-state index contributed by atoms with van der Waals surface area (Å²) < 4.78 is 5.47. The SMILES string of the molecule is CC(C)(C)OC(=O)N1CCCC(CNC(=O)c2ccnc3nc(C(=O)c4cccs4)[nH]c23)C1. The van der Waals surface area contributed by atoms with Crippen LogP contribution in [0.2, 0.25) is 0 Å². The van der Waals surface area contributed by atoms with E-state index in [0.29, 0.717) is 41.2 Å². The molecule has 3 aromatic rings. The van der Waals surface area contributed by atoms with Crippen LogP contribution in [0.15, 0.2) is 29.8 Å². The third-order valence-corrected chi connectivity index (χ3v) is 6.19.